The lowest BCUT2D eigenvalue weighted by molar-refractivity contribution is -0.153. The normalized spacial score (nSPS) is 22.9. The molecular formula is C40H47N4O10P. The molecule has 5 atom stereocenters. The monoisotopic (exact) mass is 774 g/mol. The van der Waals surface area contributed by atoms with Gasteiger partial charge in [-0.3, -0.25) is 23.8 Å². The van der Waals surface area contributed by atoms with Crippen LogP contribution in [0.3, 0.4) is 0 Å². The molecule has 55 heavy (non-hydrogen) atoms. The third kappa shape index (κ3) is 6.51. The number of benzene rings is 3. The number of carbonyl (C=O) groups is 3. The topological polar surface area (TPSA) is 212 Å². The number of phenolic OH excluding ortho intramolecular Hbond substituents is 1. The molecule has 1 saturated carbocycles. The van der Waals surface area contributed by atoms with E-state index < -0.39 is 71.4 Å². The van der Waals surface area contributed by atoms with Crippen molar-refractivity contribution in [1.82, 2.24) is 4.90 Å². The number of para-hydroxylation sites is 1. The number of fused-ring (bicyclic) bond motifs is 3. The zero-order chi connectivity index (χ0) is 40.1. The summed E-state index contributed by atoms with van der Waals surface area (Å²) in [6.07, 6.45) is 0.125. The molecular weight excluding hydrogens is 727 g/mol. The first kappa shape index (κ1) is 39.7. The second-order valence-electron chi connectivity index (χ2n) is 14.4. The average molecular weight is 775 g/mol. The Hall–Kier alpha value is -4.98. The van der Waals surface area contributed by atoms with Gasteiger partial charge in [0.15, 0.2) is 17.2 Å². The first-order valence-corrected chi connectivity index (χ1v) is 19.6. The molecule has 0 radical (unpaired) electrons. The van der Waals surface area contributed by atoms with Gasteiger partial charge in [-0.15, -0.1) is 0 Å². The summed E-state index contributed by atoms with van der Waals surface area (Å²) >= 11 is 0. The Bertz CT molecular complexity index is 2140. The van der Waals surface area contributed by atoms with E-state index in [1.54, 1.807) is 72.4 Å². The van der Waals surface area contributed by atoms with Crippen LogP contribution in [0.5, 0.6) is 5.75 Å². The number of nitrogens with one attached hydrogen (secondary N) is 1. The zero-order valence-corrected chi connectivity index (χ0v) is 32.5. The van der Waals surface area contributed by atoms with Crippen LogP contribution in [0.25, 0.3) is 16.9 Å². The van der Waals surface area contributed by atoms with Crippen LogP contribution in [0.4, 0.5) is 11.4 Å². The Morgan fingerprint density at radius 3 is 2.16 bits per heavy atom. The third-order valence-electron chi connectivity index (χ3n) is 10.7. The van der Waals surface area contributed by atoms with Crippen molar-refractivity contribution in [1.29, 1.82) is 0 Å². The second kappa shape index (κ2) is 14.9. The number of ketones is 2. The number of hydrogen-bond donors (Lipinski definition) is 6. The molecule has 292 valence electrons. The largest absolute Gasteiger partial charge is 0.508 e. The number of primary amides is 1. The summed E-state index contributed by atoms with van der Waals surface area (Å²) in [5.74, 6) is -8.05. The number of aliphatic hydroxyl groups is 3. The highest BCUT2D eigenvalue weighted by molar-refractivity contribution is 7.54. The summed E-state index contributed by atoms with van der Waals surface area (Å²) in [6, 6.07) is 16.7. The number of carbonyl (C=O) groups excluding carboxylic acids is 3. The maximum absolute atomic E-state index is 14.4. The van der Waals surface area contributed by atoms with E-state index in [1.165, 1.54) is 4.90 Å². The maximum atomic E-state index is 14.4. The molecule has 15 heteroatoms. The van der Waals surface area contributed by atoms with E-state index in [-0.39, 0.29) is 42.9 Å². The summed E-state index contributed by atoms with van der Waals surface area (Å²) in [4.78, 5) is 43.5. The van der Waals surface area contributed by atoms with E-state index in [9.17, 15) is 39.4 Å². The van der Waals surface area contributed by atoms with E-state index in [0.29, 0.717) is 33.6 Å². The van der Waals surface area contributed by atoms with Crippen molar-refractivity contribution in [2.75, 3.05) is 51.6 Å². The Morgan fingerprint density at radius 2 is 1.62 bits per heavy atom. The van der Waals surface area contributed by atoms with Crippen molar-refractivity contribution >= 4 is 42.2 Å². The smallest absolute Gasteiger partial charge is 0.357 e. The molecule has 3 aliphatic rings. The van der Waals surface area contributed by atoms with Crippen molar-refractivity contribution < 1.29 is 48.4 Å². The zero-order valence-electron chi connectivity index (χ0n) is 31.6. The van der Waals surface area contributed by atoms with Gasteiger partial charge >= 0.3 is 7.60 Å². The molecule has 1 fully saturated rings. The van der Waals surface area contributed by atoms with Gasteiger partial charge in [-0.1, -0.05) is 42.5 Å². The van der Waals surface area contributed by atoms with Gasteiger partial charge in [-0.2, -0.15) is 0 Å². The Morgan fingerprint density at radius 1 is 1.00 bits per heavy atom. The molecule has 3 aliphatic carbocycles. The first-order chi connectivity index (χ1) is 26.0. The predicted octanol–water partition coefficient (Wildman–Crippen LogP) is 5.07. The number of rotatable bonds is 12. The summed E-state index contributed by atoms with van der Waals surface area (Å²) in [5, 5.41) is 50.4. The van der Waals surface area contributed by atoms with Gasteiger partial charge in [-0.05, 0) is 81.6 Å². The maximum Gasteiger partial charge on any atom is 0.357 e. The molecule has 3 aromatic carbocycles. The number of nitrogens with zero attached hydrogens (tertiary/aromatic N) is 2. The van der Waals surface area contributed by atoms with Crippen molar-refractivity contribution in [2.45, 2.75) is 44.1 Å². The molecule has 7 N–H and O–H groups in total. The number of aliphatic hydroxyl groups excluding tert-OH is 2. The highest BCUT2D eigenvalue weighted by Crippen LogP contribution is 2.61. The number of likely N-dealkylation sites (N-methyl/N-ethyl adjacent to an activating group) is 1. The minimum Gasteiger partial charge on any atom is -0.508 e. The van der Waals surface area contributed by atoms with Crippen LogP contribution in [0.2, 0.25) is 0 Å². The highest BCUT2D eigenvalue weighted by atomic mass is 31.2. The number of phenols is 1. The number of nitrogens with two attached hydrogens (primary N) is 1. The van der Waals surface area contributed by atoms with Gasteiger partial charge in [0, 0.05) is 42.5 Å². The molecule has 0 spiro atoms. The fourth-order valence-electron chi connectivity index (χ4n) is 8.34. The number of anilines is 2. The van der Waals surface area contributed by atoms with Crippen molar-refractivity contribution in [3.05, 3.63) is 94.3 Å². The summed E-state index contributed by atoms with van der Waals surface area (Å²) in [7, 11) is 2.97. The quantitative estimate of drug-likeness (QED) is 0.105. The van der Waals surface area contributed by atoms with Crippen LogP contribution in [0.1, 0.15) is 42.7 Å². The molecule has 0 bridgehead atoms. The lowest BCUT2D eigenvalue weighted by Crippen LogP contribution is -2.65. The van der Waals surface area contributed by atoms with Crippen molar-refractivity contribution in [2.24, 2.45) is 17.6 Å². The Balaban J connectivity index is 1.48. The van der Waals surface area contributed by atoms with Crippen LogP contribution >= 0.6 is 7.60 Å². The second-order valence-corrected chi connectivity index (χ2v) is 16.5. The molecule has 2 unspecified atom stereocenters. The van der Waals surface area contributed by atoms with Crippen molar-refractivity contribution in [3.63, 3.8) is 0 Å². The fourth-order valence-corrected chi connectivity index (χ4v) is 10.3. The standard InChI is InChI=1S/C40H47N4O10P/c1-7-53-55(52,54-8-2)39(42-24-12-10-9-11-13-24)22-16-14-21(15-17-22)25-20-28(43(3)4)26-18-23-19-27-32(44(5)6)35(47)31(38(41)50)37(49)40(27,51)36(48)29(23)34(46)30(26)33(25)45/h9-17,20,23,27,32,39,42,45-46,49,51H,7-8,18-19H2,1-6H3,(H2,41,50)/t23-,27-,32?,39?,40-/m0/s1. The first-order valence-electron chi connectivity index (χ1n) is 18.0. The molecule has 14 nitrogen and oxygen atoms in total. The van der Waals surface area contributed by atoms with E-state index in [1.807, 2.05) is 35.2 Å². The number of hydrogen-bond acceptors (Lipinski definition) is 13. The molecule has 6 rings (SSSR count). The van der Waals surface area contributed by atoms with E-state index >= 15 is 0 Å². The number of amides is 1. The van der Waals surface area contributed by atoms with E-state index in [2.05, 4.69) is 5.32 Å². The number of aromatic hydroxyl groups is 1. The molecule has 3 aromatic rings. The Labute approximate surface area is 319 Å². The molecule has 0 saturated heterocycles. The average Bonchev–Trinajstić information content (AvgIpc) is 3.12. The predicted molar refractivity (Wildman–Crippen MR) is 208 cm³/mol. The summed E-state index contributed by atoms with van der Waals surface area (Å²) in [6.45, 7) is 3.76. The van der Waals surface area contributed by atoms with Gasteiger partial charge in [0.2, 0.25) is 5.78 Å². The highest BCUT2D eigenvalue weighted by Gasteiger charge is 2.64. The lowest BCUT2D eigenvalue weighted by atomic mass is 9.57. The van der Waals surface area contributed by atoms with Gasteiger partial charge in [0.05, 0.1) is 24.8 Å². The molecule has 0 aromatic heterocycles. The summed E-state index contributed by atoms with van der Waals surface area (Å²) < 4.78 is 25.6. The van der Waals surface area contributed by atoms with Gasteiger partial charge in [-0.25, -0.2) is 0 Å². The van der Waals surface area contributed by atoms with Crippen LogP contribution < -0.4 is 16.0 Å². The Kier molecular flexibility index (Phi) is 10.8. The molecule has 0 heterocycles. The van der Waals surface area contributed by atoms with Gasteiger partial charge in [0.1, 0.15) is 22.8 Å². The SMILES string of the molecule is CCOP(=O)(OCC)C(Nc1ccccc1)c1ccc(-c2cc(N(C)C)c3c(c2O)C(O)=C2C(=O)[C@]4(O)C(O)=C(C(N)=O)C(=O)C(N(C)C)[C@@H]4C[C@@H]2C3)cc1. The van der Waals surface area contributed by atoms with Crippen molar-refractivity contribution in [3.8, 4) is 16.9 Å². The minimum absolute atomic E-state index is 0.0197. The molecule has 0 aliphatic heterocycles. The summed E-state index contributed by atoms with van der Waals surface area (Å²) in [5.41, 5.74) is 4.85. The van der Waals surface area contributed by atoms with Crippen LogP contribution in [-0.4, -0.2) is 95.8 Å². The van der Waals surface area contributed by atoms with Gasteiger partial charge in [0.25, 0.3) is 5.91 Å². The van der Waals surface area contributed by atoms with E-state index in [0.717, 1.165) is 0 Å². The number of Topliss-reactive ketones (excluding diaryl/α,β-unsaturated/α-hetero) is 2. The fraction of sp³-hybridized carbons (Fsp3) is 0.375. The van der Waals surface area contributed by atoms with Gasteiger partial charge < -0.3 is 45.4 Å². The van der Waals surface area contributed by atoms with Crippen LogP contribution in [-0.2, 0) is 34.4 Å². The third-order valence-corrected chi connectivity index (χ3v) is 13.0. The van der Waals surface area contributed by atoms with Crippen LogP contribution in [0, 0.1) is 11.8 Å². The van der Waals surface area contributed by atoms with E-state index in [4.69, 9.17) is 14.8 Å². The lowest BCUT2D eigenvalue weighted by Gasteiger charge is -2.50. The minimum atomic E-state index is -3.75. The van der Waals surface area contributed by atoms with Crippen LogP contribution in [0.15, 0.2) is 77.6 Å². The molecule has 1 amide bonds.